The largest absolute Gasteiger partial charge is 0.508 e. The van der Waals surface area contributed by atoms with Crippen molar-refractivity contribution in [3.63, 3.8) is 0 Å². The van der Waals surface area contributed by atoms with Crippen LogP contribution in [0.1, 0.15) is 11.1 Å². The lowest BCUT2D eigenvalue weighted by molar-refractivity contribution is 0.304. The third-order valence-corrected chi connectivity index (χ3v) is 2.32. The summed E-state index contributed by atoms with van der Waals surface area (Å²) in [7, 11) is 0. The average molecular weight is 225 g/mol. The smallest absolute Gasteiger partial charge is 0.137 e. The van der Waals surface area contributed by atoms with Crippen LogP contribution in [0.2, 0.25) is 0 Å². The maximum atomic E-state index is 9.25. The van der Waals surface area contributed by atoms with Gasteiger partial charge in [-0.05, 0) is 17.7 Å². The van der Waals surface area contributed by atoms with E-state index in [0.717, 1.165) is 5.56 Å². The minimum atomic E-state index is 0.0635. The Balaban J connectivity index is 2.12. The SMILES string of the molecule is N#Cc1cc(O)ccc1OCc1ccccc1. The molecule has 0 amide bonds. The Morgan fingerprint density at radius 3 is 2.59 bits per heavy atom. The van der Waals surface area contributed by atoms with E-state index in [-0.39, 0.29) is 5.75 Å². The van der Waals surface area contributed by atoms with Gasteiger partial charge in [-0.25, -0.2) is 0 Å². The summed E-state index contributed by atoms with van der Waals surface area (Å²) in [6.45, 7) is 0.403. The number of hydrogen-bond acceptors (Lipinski definition) is 3. The number of hydrogen-bond donors (Lipinski definition) is 1. The van der Waals surface area contributed by atoms with Crippen LogP contribution in [0, 0.1) is 11.3 Å². The molecule has 2 rings (SSSR count). The van der Waals surface area contributed by atoms with E-state index >= 15 is 0 Å². The molecule has 0 aliphatic rings. The lowest BCUT2D eigenvalue weighted by Gasteiger charge is -2.07. The third-order valence-electron chi connectivity index (χ3n) is 2.32. The van der Waals surface area contributed by atoms with Gasteiger partial charge in [0.25, 0.3) is 0 Å². The molecule has 3 nitrogen and oxygen atoms in total. The zero-order chi connectivity index (χ0) is 12.1. The topological polar surface area (TPSA) is 53.2 Å². The molecular formula is C14H11NO2. The molecule has 17 heavy (non-hydrogen) atoms. The Kier molecular flexibility index (Phi) is 3.27. The molecule has 0 aliphatic heterocycles. The molecule has 0 aliphatic carbocycles. The first-order chi connectivity index (χ1) is 8.29. The fourth-order valence-corrected chi connectivity index (χ4v) is 1.47. The van der Waals surface area contributed by atoms with E-state index < -0.39 is 0 Å². The van der Waals surface area contributed by atoms with Crippen molar-refractivity contribution in [2.45, 2.75) is 6.61 Å². The predicted octanol–water partition coefficient (Wildman–Crippen LogP) is 2.84. The maximum absolute atomic E-state index is 9.25. The molecule has 0 heterocycles. The van der Waals surface area contributed by atoms with Gasteiger partial charge in [-0.2, -0.15) is 5.26 Å². The number of ether oxygens (including phenoxy) is 1. The lowest BCUT2D eigenvalue weighted by Crippen LogP contribution is -1.96. The van der Waals surface area contributed by atoms with Crippen molar-refractivity contribution in [1.29, 1.82) is 5.26 Å². The molecule has 2 aromatic carbocycles. The van der Waals surface area contributed by atoms with Crippen LogP contribution in [0.3, 0.4) is 0 Å². The van der Waals surface area contributed by atoms with Crippen LogP contribution in [0.15, 0.2) is 48.5 Å². The number of phenolic OH excluding ortho intramolecular Hbond substituents is 1. The van der Waals surface area contributed by atoms with E-state index in [9.17, 15) is 5.11 Å². The molecule has 2 aromatic rings. The zero-order valence-corrected chi connectivity index (χ0v) is 9.13. The summed E-state index contributed by atoms with van der Waals surface area (Å²) in [6, 6.07) is 16.2. The Morgan fingerprint density at radius 2 is 1.88 bits per heavy atom. The van der Waals surface area contributed by atoms with Crippen LogP contribution in [-0.4, -0.2) is 5.11 Å². The highest BCUT2D eigenvalue weighted by Crippen LogP contribution is 2.23. The summed E-state index contributed by atoms with van der Waals surface area (Å²) < 4.78 is 5.54. The summed E-state index contributed by atoms with van der Waals surface area (Å²) in [5, 5.41) is 18.1. The van der Waals surface area contributed by atoms with Gasteiger partial charge in [0.15, 0.2) is 0 Å². The van der Waals surface area contributed by atoms with Gasteiger partial charge in [-0.3, -0.25) is 0 Å². The normalized spacial score (nSPS) is 9.59. The van der Waals surface area contributed by atoms with Gasteiger partial charge in [-0.1, -0.05) is 30.3 Å². The van der Waals surface area contributed by atoms with Crippen molar-refractivity contribution in [3.05, 3.63) is 59.7 Å². The van der Waals surface area contributed by atoms with E-state index in [1.807, 2.05) is 36.4 Å². The first-order valence-electron chi connectivity index (χ1n) is 5.19. The van der Waals surface area contributed by atoms with E-state index in [4.69, 9.17) is 10.00 Å². The Morgan fingerprint density at radius 1 is 1.12 bits per heavy atom. The highest BCUT2D eigenvalue weighted by Gasteiger charge is 2.04. The van der Waals surface area contributed by atoms with Crippen LogP contribution in [-0.2, 0) is 6.61 Å². The molecule has 0 saturated carbocycles. The Labute approximate surface area is 99.5 Å². The van der Waals surface area contributed by atoms with E-state index in [1.165, 1.54) is 12.1 Å². The van der Waals surface area contributed by atoms with Crippen molar-refractivity contribution >= 4 is 0 Å². The minimum Gasteiger partial charge on any atom is -0.508 e. The molecule has 0 spiro atoms. The van der Waals surface area contributed by atoms with Crippen molar-refractivity contribution in [1.82, 2.24) is 0 Å². The molecule has 0 saturated heterocycles. The summed E-state index contributed by atoms with van der Waals surface area (Å²) in [4.78, 5) is 0. The monoisotopic (exact) mass is 225 g/mol. The highest BCUT2D eigenvalue weighted by molar-refractivity contribution is 5.47. The van der Waals surface area contributed by atoms with E-state index in [0.29, 0.717) is 17.9 Å². The zero-order valence-electron chi connectivity index (χ0n) is 9.13. The first kappa shape index (κ1) is 11.0. The highest BCUT2D eigenvalue weighted by atomic mass is 16.5. The fraction of sp³-hybridized carbons (Fsp3) is 0.0714. The van der Waals surface area contributed by atoms with Gasteiger partial charge in [0, 0.05) is 6.07 Å². The molecule has 1 N–H and O–H groups in total. The number of nitriles is 1. The quantitative estimate of drug-likeness (QED) is 0.873. The fourth-order valence-electron chi connectivity index (χ4n) is 1.47. The standard InChI is InChI=1S/C14H11NO2/c15-9-12-8-13(16)6-7-14(12)17-10-11-4-2-1-3-5-11/h1-8,16H,10H2. The number of aromatic hydroxyl groups is 1. The molecule has 0 atom stereocenters. The first-order valence-corrected chi connectivity index (χ1v) is 5.19. The lowest BCUT2D eigenvalue weighted by atomic mass is 10.2. The average Bonchev–Trinajstić information content (AvgIpc) is 2.38. The third kappa shape index (κ3) is 2.76. The van der Waals surface area contributed by atoms with Crippen molar-refractivity contribution in [2.75, 3.05) is 0 Å². The molecule has 0 radical (unpaired) electrons. The van der Waals surface area contributed by atoms with Gasteiger partial charge in [0.1, 0.15) is 24.2 Å². The summed E-state index contributed by atoms with van der Waals surface area (Å²) in [5.74, 6) is 0.544. The molecule has 0 aromatic heterocycles. The minimum absolute atomic E-state index is 0.0635. The molecule has 84 valence electrons. The summed E-state index contributed by atoms with van der Waals surface area (Å²) in [6.07, 6.45) is 0. The van der Waals surface area contributed by atoms with Crippen molar-refractivity contribution < 1.29 is 9.84 Å². The van der Waals surface area contributed by atoms with Crippen LogP contribution < -0.4 is 4.74 Å². The van der Waals surface area contributed by atoms with Gasteiger partial charge < -0.3 is 9.84 Å². The molecule has 0 bridgehead atoms. The molecular weight excluding hydrogens is 214 g/mol. The van der Waals surface area contributed by atoms with Crippen molar-refractivity contribution in [3.8, 4) is 17.6 Å². The maximum Gasteiger partial charge on any atom is 0.137 e. The second kappa shape index (κ2) is 5.04. The number of benzene rings is 2. The molecule has 0 fully saturated rings. The number of rotatable bonds is 3. The predicted molar refractivity (Wildman–Crippen MR) is 63.6 cm³/mol. The van der Waals surface area contributed by atoms with Crippen LogP contribution >= 0.6 is 0 Å². The second-order valence-electron chi connectivity index (χ2n) is 3.57. The van der Waals surface area contributed by atoms with Crippen molar-refractivity contribution in [2.24, 2.45) is 0 Å². The van der Waals surface area contributed by atoms with E-state index in [2.05, 4.69) is 0 Å². The van der Waals surface area contributed by atoms with Crippen LogP contribution in [0.4, 0.5) is 0 Å². The van der Waals surface area contributed by atoms with Gasteiger partial charge in [-0.15, -0.1) is 0 Å². The van der Waals surface area contributed by atoms with Gasteiger partial charge >= 0.3 is 0 Å². The van der Waals surface area contributed by atoms with Crippen LogP contribution in [0.5, 0.6) is 11.5 Å². The van der Waals surface area contributed by atoms with Gasteiger partial charge in [0.2, 0.25) is 0 Å². The molecule has 0 unspecified atom stereocenters. The second-order valence-corrected chi connectivity index (χ2v) is 3.57. The van der Waals surface area contributed by atoms with Gasteiger partial charge in [0.05, 0.1) is 5.56 Å². The summed E-state index contributed by atoms with van der Waals surface area (Å²) >= 11 is 0. The van der Waals surface area contributed by atoms with E-state index in [1.54, 1.807) is 6.07 Å². The Hall–Kier alpha value is -2.47. The summed E-state index contributed by atoms with van der Waals surface area (Å²) in [5.41, 5.74) is 1.37. The Bertz CT molecular complexity index is 544. The number of phenols is 1. The molecule has 3 heteroatoms. The number of nitrogens with zero attached hydrogens (tertiary/aromatic N) is 1. The van der Waals surface area contributed by atoms with Crippen LogP contribution in [0.25, 0.3) is 0 Å².